The van der Waals surface area contributed by atoms with E-state index in [-0.39, 0.29) is 17.8 Å². The predicted molar refractivity (Wildman–Crippen MR) is 87.8 cm³/mol. The number of carbonyl (C=O) groups excluding carboxylic acids is 1. The fourth-order valence-electron chi connectivity index (χ4n) is 1.76. The molecule has 110 valence electrons. The van der Waals surface area contributed by atoms with Gasteiger partial charge in [-0.05, 0) is 48.9 Å². The molecule has 2 rings (SSSR count). The zero-order valence-electron chi connectivity index (χ0n) is 11.5. The fourth-order valence-corrected chi connectivity index (χ4v) is 2.76. The second-order valence-electron chi connectivity index (χ2n) is 4.56. The van der Waals surface area contributed by atoms with Crippen LogP contribution in [0.25, 0.3) is 0 Å². The van der Waals surface area contributed by atoms with Gasteiger partial charge in [0, 0.05) is 15.6 Å². The lowest BCUT2D eigenvalue weighted by Crippen LogP contribution is -2.22. The van der Waals surface area contributed by atoms with E-state index in [0.717, 1.165) is 10.5 Å². The second-order valence-corrected chi connectivity index (χ2v) is 6.41. The molecule has 0 fully saturated rings. The molecule has 0 bridgehead atoms. The molecule has 2 N–H and O–H groups in total. The quantitative estimate of drug-likeness (QED) is 0.820. The minimum Gasteiger partial charge on any atom is -0.392 e. The van der Waals surface area contributed by atoms with Crippen molar-refractivity contribution in [3.63, 3.8) is 0 Å². The Labute approximate surface area is 133 Å². The van der Waals surface area contributed by atoms with Gasteiger partial charge in [0.25, 0.3) is 0 Å². The molecular formula is C16H16ClNO2S. The minimum absolute atomic E-state index is 0.0429. The van der Waals surface area contributed by atoms with Crippen molar-refractivity contribution in [1.82, 2.24) is 0 Å². The van der Waals surface area contributed by atoms with Crippen LogP contribution in [-0.4, -0.2) is 16.3 Å². The minimum atomic E-state index is -0.232. The summed E-state index contributed by atoms with van der Waals surface area (Å²) >= 11 is 7.31. The molecule has 0 heterocycles. The topological polar surface area (TPSA) is 49.3 Å². The average Bonchev–Trinajstić information content (AvgIpc) is 2.49. The Bertz CT molecular complexity index is 616. The Morgan fingerprint density at radius 1 is 1.29 bits per heavy atom. The maximum absolute atomic E-state index is 12.2. The molecule has 3 nitrogen and oxygen atoms in total. The largest absolute Gasteiger partial charge is 0.392 e. The summed E-state index contributed by atoms with van der Waals surface area (Å²) in [4.78, 5) is 13.2. The van der Waals surface area contributed by atoms with Crippen molar-refractivity contribution in [2.75, 3.05) is 5.32 Å². The highest BCUT2D eigenvalue weighted by molar-refractivity contribution is 8.00. The smallest absolute Gasteiger partial charge is 0.237 e. The first kappa shape index (κ1) is 15.9. The first-order valence-electron chi connectivity index (χ1n) is 6.51. The van der Waals surface area contributed by atoms with Crippen LogP contribution in [0.4, 0.5) is 5.69 Å². The molecule has 1 unspecified atom stereocenters. The molecule has 0 saturated heterocycles. The zero-order chi connectivity index (χ0) is 15.2. The van der Waals surface area contributed by atoms with E-state index >= 15 is 0 Å². The summed E-state index contributed by atoms with van der Waals surface area (Å²) in [6, 6.07) is 14.6. The standard InChI is InChI=1S/C16H16ClNO2S/c1-11(21-15-7-5-13(17)6-8-15)16(20)18-14-4-2-3-12(9-14)10-19/h2-9,11,19H,10H2,1H3,(H,18,20). The number of amides is 1. The maximum atomic E-state index is 12.2. The van der Waals surface area contributed by atoms with Crippen molar-refractivity contribution in [3.8, 4) is 0 Å². The van der Waals surface area contributed by atoms with E-state index in [4.69, 9.17) is 16.7 Å². The van der Waals surface area contributed by atoms with Crippen molar-refractivity contribution in [2.45, 2.75) is 23.7 Å². The number of nitrogens with one attached hydrogen (secondary N) is 1. The van der Waals surface area contributed by atoms with Crippen molar-refractivity contribution < 1.29 is 9.90 Å². The highest BCUT2D eigenvalue weighted by Gasteiger charge is 2.14. The van der Waals surface area contributed by atoms with Gasteiger partial charge in [0.1, 0.15) is 0 Å². The number of hydrogen-bond donors (Lipinski definition) is 2. The number of rotatable bonds is 5. The molecular weight excluding hydrogens is 306 g/mol. The third-order valence-electron chi connectivity index (χ3n) is 2.87. The number of aliphatic hydroxyl groups excluding tert-OH is 1. The van der Waals surface area contributed by atoms with Crippen molar-refractivity contribution >= 4 is 35.0 Å². The van der Waals surface area contributed by atoms with Gasteiger partial charge in [-0.1, -0.05) is 23.7 Å². The molecule has 5 heteroatoms. The number of hydrogen-bond acceptors (Lipinski definition) is 3. The fraction of sp³-hybridized carbons (Fsp3) is 0.188. The summed E-state index contributed by atoms with van der Waals surface area (Å²) < 4.78 is 0. The summed E-state index contributed by atoms with van der Waals surface area (Å²) in [5.74, 6) is -0.0787. The first-order chi connectivity index (χ1) is 10.1. The lowest BCUT2D eigenvalue weighted by molar-refractivity contribution is -0.115. The maximum Gasteiger partial charge on any atom is 0.237 e. The molecule has 0 aliphatic heterocycles. The Balaban J connectivity index is 1.97. The van der Waals surface area contributed by atoms with Gasteiger partial charge in [-0.3, -0.25) is 4.79 Å². The van der Waals surface area contributed by atoms with Gasteiger partial charge in [0.2, 0.25) is 5.91 Å². The van der Waals surface area contributed by atoms with Crippen LogP contribution in [0.15, 0.2) is 53.4 Å². The lowest BCUT2D eigenvalue weighted by atomic mass is 10.2. The van der Waals surface area contributed by atoms with Gasteiger partial charge < -0.3 is 10.4 Å². The summed E-state index contributed by atoms with van der Waals surface area (Å²) in [5, 5.41) is 12.4. The van der Waals surface area contributed by atoms with E-state index in [1.165, 1.54) is 11.8 Å². The van der Waals surface area contributed by atoms with Gasteiger partial charge in [-0.2, -0.15) is 0 Å². The van der Waals surface area contributed by atoms with Crippen molar-refractivity contribution in [3.05, 3.63) is 59.1 Å². The number of aliphatic hydroxyl groups is 1. The molecule has 2 aromatic carbocycles. The first-order valence-corrected chi connectivity index (χ1v) is 7.77. The molecule has 0 aromatic heterocycles. The third kappa shape index (κ3) is 4.77. The van der Waals surface area contributed by atoms with E-state index < -0.39 is 0 Å². The van der Waals surface area contributed by atoms with E-state index in [2.05, 4.69) is 5.32 Å². The molecule has 0 spiro atoms. The van der Waals surface area contributed by atoms with Gasteiger partial charge in [0.15, 0.2) is 0 Å². The molecule has 0 aliphatic carbocycles. The third-order valence-corrected chi connectivity index (χ3v) is 4.24. The number of thioether (sulfide) groups is 1. The zero-order valence-corrected chi connectivity index (χ0v) is 13.1. The molecule has 0 aliphatic rings. The van der Waals surface area contributed by atoms with E-state index in [1.807, 2.05) is 25.1 Å². The van der Waals surface area contributed by atoms with E-state index in [1.54, 1.807) is 30.3 Å². The second kappa shape index (κ2) is 7.50. The van der Waals surface area contributed by atoms with Crippen LogP contribution in [-0.2, 0) is 11.4 Å². The molecule has 0 saturated carbocycles. The Kier molecular flexibility index (Phi) is 5.67. The van der Waals surface area contributed by atoms with Crippen LogP contribution < -0.4 is 5.32 Å². The molecule has 2 aromatic rings. The average molecular weight is 322 g/mol. The normalized spacial score (nSPS) is 12.0. The predicted octanol–water partition coefficient (Wildman–Crippen LogP) is 3.95. The van der Waals surface area contributed by atoms with Crippen LogP contribution >= 0.6 is 23.4 Å². The van der Waals surface area contributed by atoms with Gasteiger partial charge in [0.05, 0.1) is 11.9 Å². The Morgan fingerprint density at radius 3 is 2.67 bits per heavy atom. The van der Waals surface area contributed by atoms with Gasteiger partial charge >= 0.3 is 0 Å². The Hall–Kier alpha value is -1.49. The van der Waals surface area contributed by atoms with Gasteiger partial charge in [-0.15, -0.1) is 11.8 Å². The van der Waals surface area contributed by atoms with Crippen LogP contribution in [0.3, 0.4) is 0 Å². The van der Waals surface area contributed by atoms with Crippen LogP contribution in [0.1, 0.15) is 12.5 Å². The molecule has 1 atom stereocenters. The summed E-state index contributed by atoms with van der Waals surface area (Å²) in [5.41, 5.74) is 1.46. The van der Waals surface area contributed by atoms with Crippen LogP contribution in [0.2, 0.25) is 5.02 Å². The highest BCUT2D eigenvalue weighted by Crippen LogP contribution is 2.25. The monoisotopic (exact) mass is 321 g/mol. The summed E-state index contributed by atoms with van der Waals surface area (Å²) in [7, 11) is 0. The van der Waals surface area contributed by atoms with E-state index in [0.29, 0.717) is 10.7 Å². The number of carbonyl (C=O) groups is 1. The van der Waals surface area contributed by atoms with Crippen LogP contribution in [0, 0.1) is 0 Å². The highest BCUT2D eigenvalue weighted by atomic mass is 35.5. The van der Waals surface area contributed by atoms with E-state index in [9.17, 15) is 4.79 Å². The molecule has 1 amide bonds. The number of halogens is 1. The van der Waals surface area contributed by atoms with Crippen molar-refractivity contribution in [2.24, 2.45) is 0 Å². The Morgan fingerprint density at radius 2 is 2.00 bits per heavy atom. The lowest BCUT2D eigenvalue weighted by Gasteiger charge is -2.12. The SMILES string of the molecule is CC(Sc1ccc(Cl)cc1)C(=O)Nc1cccc(CO)c1. The number of anilines is 1. The summed E-state index contributed by atoms with van der Waals surface area (Å²) in [6.45, 7) is 1.81. The summed E-state index contributed by atoms with van der Waals surface area (Å²) in [6.07, 6.45) is 0. The number of benzene rings is 2. The molecule has 0 radical (unpaired) electrons. The van der Waals surface area contributed by atoms with Crippen LogP contribution in [0.5, 0.6) is 0 Å². The van der Waals surface area contributed by atoms with Crippen molar-refractivity contribution in [1.29, 1.82) is 0 Å². The molecule has 21 heavy (non-hydrogen) atoms. The van der Waals surface area contributed by atoms with Gasteiger partial charge in [-0.25, -0.2) is 0 Å².